The highest BCUT2D eigenvalue weighted by atomic mass is 15.0. The number of fused-ring (bicyclic) bond motifs is 1. The van der Waals surface area contributed by atoms with Crippen LogP contribution < -0.4 is 11.5 Å². The summed E-state index contributed by atoms with van der Waals surface area (Å²) in [6.45, 7) is 0. The van der Waals surface area contributed by atoms with Crippen LogP contribution in [0.3, 0.4) is 0 Å². The number of hydrogen-bond acceptors (Lipinski definition) is 2. The van der Waals surface area contributed by atoms with Gasteiger partial charge in [-0.2, -0.15) is 0 Å². The van der Waals surface area contributed by atoms with Crippen LogP contribution in [0.5, 0.6) is 0 Å². The first-order valence-electron chi connectivity index (χ1n) is 5.74. The largest absolute Gasteiger partial charge is 0.313 e. The van der Waals surface area contributed by atoms with E-state index < -0.39 is 0 Å². The highest BCUT2D eigenvalue weighted by Gasteiger charge is 2.50. The summed E-state index contributed by atoms with van der Waals surface area (Å²) < 4.78 is 0. The lowest BCUT2D eigenvalue weighted by atomic mass is 9.62. The Bertz CT molecular complexity index is 214. The molecule has 74 valence electrons. The molecule has 0 aromatic heterocycles. The molecule has 2 nitrogen and oxygen atoms in total. The summed E-state index contributed by atoms with van der Waals surface area (Å²) in [4.78, 5) is 0. The van der Waals surface area contributed by atoms with E-state index in [4.69, 9.17) is 11.5 Å². The van der Waals surface area contributed by atoms with Gasteiger partial charge < -0.3 is 11.5 Å². The third kappa shape index (κ3) is 1.08. The summed E-state index contributed by atoms with van der Waals surface area (Å²) in [6, 6.07) is 0. The minimum absolute atomic E-state index is 0.314. The van der Waals surface area contributed by atoms with Crippen LogP contribution in [0.2, 0.25) is 0 Å². The molecule has 0 heterocycles. The first-order chi connectivity index (χ1) is 6.16. The van der Waals surface area contributed by atoms with Gasteiger partial charge in [-0.05, 0) is 55.8 Å². The van der Waals surface area contributed by atoms with Gasteiger partial charge in [-0.25, -0.2) is 0 Å². The third-order valence-electron chi connectivity index (χ3n) is 4.86. The Kier molecular flexibility index (Phi) is 1.58. The molecule has 4 atom stereocenters. The second-order valence-corrected chi connectivity index (χ2v) is 5.65. The van der Waals surface area contributed by atoms with E-state index in [1.165, 1.54) is 38.5 Å². The zero-order chi connectivity index (χ0) is 9.05. The van der Waals surface area contributed by atoms with Crippen molar-refractivity contribution in [3.05, 3.63) is 0 Å². The van der Waals surface area contributed by atoms with Crippen LogP contribution >= 0.6 is 0 Å². The van der Waals surface area contributed by atoms with E-state index in [1.807, 2.05) is 0 Å². The van der Waals surface area contributed by atoms with Gasteiger partial charge in [0.2, 0.25) is 0 Å². The molecule has 2 heteroatoms. The average molecular weight is 180 g/mol. The van der Waals surface area contributed by atoms with Crippen molar-refractivity contribution >= 4 is 0 Å². The SMILES string of the molecule is NC1(N)C2CCC3CC(C2)CC1C3. The van der Waals surface area contributed by atoms with Crippen LogP contribution in [-0.2, 0) is 0 Å². The van der Waals surface area contributed by atoms with E-state index in [0.29, 0.717) is 11.8 Å². The zero-order valence-corrected chi connectivity index (χ0v) is 8.21. The van der Waals surface area contributed by atoms with Gasteiger partial charge in [-0.15, -0.1) is 0 Å². The summed E-state index contributed by atoms with van der Waals surface area (Å²) in [5, 5.41) is 0. The van der Waals surface area contributed by atoms with Crippen molar-refractivity contribution in [1.82, 2.24) is 0 Å². The van der Waals surface area contributed by atoms with Crippen LogP contribution in [0.25, 0.3) is 0 Å². The van der Waals surface area contributed by atoms with Crippen LogP contribution in [0.15, 0.2) is 0 Å². The fourth-order valence-corrected chi connectivity index (χ4v) is 4.15. The van der Waals surface area contributed by atoms with Gasteiger partial charge in [-0.1, -0.05) is 6.42 Å². The molecule has 4 aliphatic carbocycles. The van der Waals surface area contributed by atoms with Gasteiger partial charge >= 0.3 is 0 Å². The lowest BCUT2D eigenvalue weighted by molar-refractivity contribution is 0.0439. The van der Waals surface area contributed by atoms with E-state index in [0.717, 1.165) is 11.8 Å². The van der Waals surface area contributed by atoms with Crippen LogP contribution in [-0.4, -0.2) is 5.66 Å². The Morgan fingerprint density at radius 2 is 1.46 bits per heavy atom. The van der Waals surface area contributed by atoms with E-state index in [2.05, 4.69) is 0 Å². The minimum Gasteiger partial charge on any atom is -0.313 e. The van der Waals surface area contributed by atoms with Crippen molar-refractivity contribution in [2.45, 2.75) is 44.2 Å². The smallest absolute Gasteiger partial charge is 0.0694 e. The average Bonchev–Trinajstić information content (AvgIpc) is 2.26. The maximum Gasteiger partial charge on any atom is 0.0694 e. The second kappa shape index (κ2) is 2.48. The van der Waals surface area contributed by atoms with E-state index in [9.17, 15) is 0 Å². The molecule has 0 saturated heterocycles. The van der Waals surface area contributed by atoms with Crippen molar-refractivity contribution in [1.29, 1.82) is 0 Å². The summed E-state index contributed by atoms with van der Waals surface area (Å²) in [6.07, 6.45) is 8.13. The number of nitrogens with two attached hydrogens (primary N) is 2. The molecule has 0 spiro atoms. The Labute approximate surface area is 80.1 Å². The Morgan fingerprint density at radius 3 is 2.31 bits per heavy atom. The molecule has 4 bridgehead atoms. The lowest BCUT2D eigenvalue weighted by Gasteiger charge is -2.49. The normalized spacial score (nSPS) is 52.2. The van der Waals surface area contributed by atoms with Crippen LogP contribution in [0, 0.1) is 23.7 Å². The topological polar surface area (TPSA) is 52.0 Å². The van der Waals surface area contributed by atoms with Crippen molar-refractivity contribution in [2.75, 3.05) is 0 Å². The van der Waals surface area contributed by atoms with E-state index >= 15 is 0 Å². The van der Waals surface area contributed by atoms with E-state index in [-0.39, 0.29) is 5.66 Å². The number of hydrogen-bond donors (Lipinski definition) is 2. The summed E-state index contributed by atoms with van der Waals surface area (Å²) in [5.41, 5.74) is 12.3. The van der Waals surface area contributed by atoms with Crippen molar-refractivity contribution in [3.63, 3.8) is 0 Å². The molecular weight excluding hydrogens is 160 g/mol. The molecule has 0 aromatic rings. The maximum atomic E-state index is 6.29. The van der Waals surface area contributed by atoms with Crippen molar-refractivity contribution < 1.29 is 0 Å². The molecule has 4 saturated carbocycles. The predicted molar refractivity (Wildman–Crippen MR) is 52.8 cm³/mol. The number of rotatable bonds is 0. The molecule has 0 aliphatic heterocycles. The lowest BCUT2D eigenvalue weighted by Crippen LogP contribution is -2.64. The summed E-state index contributed by atoms with van der Waals surface area (Å²) >= 11 is 0. The quantitative estimate of drug-likeness (QED) is 0.554. The Balaban J connectivity index is 1.97. The molecule has 13 heavy (non-hydrogen) atoms. The molecule has 4 rings (SSSR count). The summed E-state index contributed by atoms with van der Waals surface area (Å²) in [7, 11) is 0. The molecule has 4 N–H and O–H groups in total. The van der Waals surface area contributed by atoms with Gasteiger partial charge in [-0.3, -0.25) is 0 Å². The highest BCUT2D eigenvalue weighted by molar-refractivity contribution is 5.03. The Morgan fingerprint density at radius 1 is 0.769 bits per heavy atom. The van der Waals surface area contributed by atoms with Crippen LogP contribution in [0.1, 0.15) is 38.5 Å². The first-order valence-corrected chi connectivity index (χ1v) is 5.74. The fraction of sp³-hybridized carbons (Fsp3) is 1.00. The highest BCUT2D eigenvalue weighted by Crippen LogP contribution is 2.53. The molecular formula is C11H20N2. The van der Waals surface area contributed by atoms with Crippen molar-refractivity contribution in [3.8, 4) is 0 Å². The van der Waals surface area contributed by atoms with Crippen molar-refractivity contribution in [2.24, 2.45) is 35.1 Å². The Hall–Kier alpha value is -0.0800. The monoisotopic (exact) mass is 180 g/mol. The van der Waals surface area contributed by atoms with Gasteiger partial charge in [0.1, 0.15) is 0 Å². The third-order valence-corrected chi connectivity index (χ3v) is 4.86. The molecule has 4 aliphatic rings. The second-order valence-electron chi connectivity index (χ2n) is 5.65. The molecule has 0 amide bonds. The summed E-state index contributed by atoms with van der Waals surface area (Å²) in [5.74, 6) is 3.19. The first kappa shape index (κ1) is 8.25. The van der Waals surface area contributed by atoms with Gasteiger partial charge in [0.05, 0.1) is 5.66 Å². The molecule has 4 unspecified atom stereocenters. The minimum atomic E-state index is -0.314. The predicted octanol–water partition coefficient (Wildman–Crippen LogP) is 1.45. The van der Waals surface area contributed by atoms with Crippen LogP contribution in [0.4, 0.5) is 0 Å². The van der Waals surface area contributed by atoms with E-state index in [1.54, 1.807) is 0 Å². The maximum absolute atomic E-state index is 6.29. The van der Waals surface area contributed by atoms with Gasteiger partial charge in [0, 0.05) is 0 Å². The zero-order valence-electron chi connectivity index (χ0n) is 8.21. The fourth-order valence-electron chi connectivity index (χ4n) is 4.15. The standard InChI is InChI=1S/C11H20N2/c12-11(13)9-2-1-7-3-8(5-9)6-10(11)4-7/h7-10H,1-6,12-13H2. The molecule has 0 radical (unpaired) electrons. The van der Waals surface area contributed by atoms with Gasteiger partial charge in [0.15, 0.2) is 0 Å². The molecule has 4 fully saturated rings. The molecule has 0 aromatic carbocycles. The van der Waals surface area contributed by atoms with Gasteiger partial charge in [0.25, 0.3) is 0 Å².